The SMILES string of the molecule is CCN(Cc1ccccc1Cl)C(=O)c1ccc2c(c1)OCC(=O)N2. The van der Waals surface area contributed by atoms with E-state index in [-0.39, 0.29) is 18.4 Å². The summed E-state index contributed by atoms with van der Waals surface area (Å²) in [5.74, 6) is 0.199. The molecule has 1 aliphatic rings. The summed E-state index contributed by atoms with van der Waals surface area (Å²) in [6.07, 6.45) is 0. The number of anilines is 1. The first kappa shape index (κ1) is 16.3. The molecule has 24 heavy (non-hydrogen) atoms. The molecule has 1 heterocycles. The third-order valence-corrected chi connectivity index (χ3v) is 4.22. The number of ether oxygens (including phenoxy) is 1. The summed E-state index contributed by atoms with van der Waals surface area (Å²) in [5.41, 5.74) is 1.99. The van der Waals surface area contributed by atoms with Gasteiger partial charge in [-0.25, -0.2) is 0 Å². The van der Waals surface area contributed by atoms with Crippen molar-refractivity contribution in [3.8, 4) is 5.75 Å². The number of carbonyl (C=O) groups excluding carboxylic acids is 2. The number of benzene rings is 2. The molecule has 3 rings (SSSR count). The topological polar surface area (TPSA) is 58.6 Å². The van der Waals surface area contributed by atoms with Gasteiger partial charge in [0.25, 0.3) is 11.8 Å². The van der Waals surface area contributed by atoms with E-state index < -0.39 is 0 Å². The molecule has 0 saturated heterocycles. The highest BCUT2D eigenvalue weighted by Crippen LogP contribution is 2.29. The number of rotatable bonds is 4. The highest BCUT2D eigenvalue weighted by molar-refractivity contribution is 6.31. The minimum atomic E-state index is -0.199. The first-order valence-corrected chi connectivity index (χ1v) is 8.05. The van der Waals surface area contributed by atoms with Gasteiger partial charge in [-0.15, -0.1) is 0 Å². The molecule has 1 aliphatic heterocycles. The van der Waals surface area contributed by atoms with Gasteiger partial charge in [-0.2, -0.15) is 0 Å². The van der Waals surface area contributed by atoms with Crippen molar-refractivity contribution in [2.45, 2.75) is 13.5 Å². The minimum Gasteiger partial charge on any atom is -0.482 e. The summed E-state index contributed by atoms with van der Waals surface area (Å²) >= 11 is 6.19. The van der Waals surface area contributed by atoms with Gasteiger partial charge in [-0.3, -0.25) is 9.59 Å². The average Bonchev–Trinajstić information content (AvgIpc) is 2.60. The highest BCUT2D eigenvalue weighted by atomic mass is 35.5. The Morgan fingerprint density at radius 3 is 2.83 bits per heavy atom. The summed E-state index contributed by atoms with van der Waals surface area (Å²) in [7, 11) is 0. The molecule has 0 aliphatic carbocycles. The van der Waals surface area contributed by atoms with Crippen molar-refractivity contribution in [3.63, 3.8) is 0 Å². The number of fused-ring (bicyclic) bond motifs is 1. The molecule has 5 nitrogen and oxygen atoms in total. The van der Waals surface area contributed by atoms with Crippen LogP contribution in [0.15, 0.2) is 42.5 Å². The van der Waals surface area contributed by atoms with Gasteiger partial charge < -0.3 is 15.0 Å². The van der Waals surface area contributed by atoms with Crippen LogP contribution in [0.4, 0.5) is 5.69 Å². The summed E-state index contributed by atoms with van der Waals surface area (Å²) in [6, 6.07) is 12.5. The number of halogens is 1. The molecule has 0 unspecified atom stereocenters. The lowest BCUT2D eigenvalue weighted by molar-refractivity contribution is -0.118. The largest absolute Gasteiger partial charge is 0.482 e. The molecule has 0 spiro atoms. The number of carbonyl (C=O) groups is 2. The first-order chi connectivity index (χ1) is 11.6. The van der Waals surface area contributed by atoms with Gasteiger partial charge in [0, 0.05) is 23.7 Å². The van der Waals surface area contributed by atoms with E-state index in [2.05, 4.69) is 5.32 Å². The van der Waals surface area contributed by atoms with E-state index in [9.17, 15) is 9.59 Å². The van der Waals surface area contributed by atoms with Crippen LogP contribution >= 0.6 is 11.6 Å². The Bertz CT molecular complexity index is 792. The number of nitrogens with zero attached hydrogens (tertiary/aromatic N) is 1. The maximum absolute atomic E-state index is 12.8. The van der Waals surface area contributed by atoms with Gasteiger partial charge in [0.2, 0.25) is 0 Å². The van der Waals surface area contributed by atoms with Crippen LogP contribution < -0.4 is 10.1 Å². The van der Waals surface area contributed by atoms with Gasteiger partial charge >= 0.3 is 0 Å². The Labute approximate surface area is 145 Å². The summed E-state index contributed by atoms with van der Waals surface area (Å²) in [5, 5.41) is 3.35. The quantitative estimate of drug-likeness (QED) is 0.925. The maximum Gasteiger partial charge on any atom is 0.262 e. The number of hydrogen-bond donors (Lipinski definition) is 1. The zero-order chi connectivity index (χ0) is 17.1. The monoisotopic (exact) mass is 344 g/mol. The van der Waals surface area contributed by atoms with Crippen LogP contribution in [-0.4, -0.2) is 29.9 Å². The molecule has 124 valence electrons. The molecule has 0 fully saturated rings. The zero-order valence-electron chi connectivity index (χ0n) is 13.2. The van der Waals surface area contributed by atoms with Crippen molar-refractivity contribution in [2.24, 2.45) is 0 Å². The van der Waals surface area contributed by atoms with Crippen molar-refractivity contribution < 1.29 is 14.3 Å². The van der Waals surface area contributed by atoms with Crippen molar-refractivity contribution in [2.75, 3.05) is 18.5 Å². The van der Waals surface area contributed by atoms with Gasteiger partial charge in [-0.1, -0.05) is 29.8 Å². The van der Waals surface area contributed by atoms with Gasteiger partial charge in [0.05, 0.1) is 5.69 Å². The highest BCUT2D eigenvalue weighted by Gasteiger charge is 2.20. The van der Waals surface area contributed by atoms with Crippen molar-refractivity contribution in [1.29, 1.82) is 0 Å². The molecule has 0 radical (unpaired) electrons. The Balaban J connectivity index is 1.81. The third kappa shape index (κ3) is 3.36. The minimum absolute atomic E-state index is 0.0399. The maximum atomic E-state index is 12.8. The number of nitrogens with one attached hydrogen (secondary N) is 1. The van der Waals surface area contributed by atoms with E-state index in [1.165, 1.54) is 0 Å². The standard InChI is InChI=1S/C18H17ClN2O3/c1-2-21(10-13-5-3-4-6-14(13)19)18(23)12-7-8-15-16(9-12)24-11-17(22)20-15/h3-9H,2,10-11H2,1H3,(H,20,22). The fourth-order valence-electron chi connectivity index (χ4n) is 2.55. The normalized spacial score (nSPS) is 12.8. The van der Waals surface area contributed by atoms with E-state index in [1.54, 1.807) is 23.1 Å². The molecule has 1 N–H and O–H groups in total. The fourth-order valence-corrected chi connectivity index (χ4v) is 2.75. The second-order valence-corrected chi connectivity index (χ2v) is 5.87. The number of hydrogen-bond acceptors (Lipinski definition) is 3. The van der Waals surface area contributed by atoms with Crippen LogP contribution in [0.2, 0.25) is 5.02 Å². The lowest BCUT2D eigenvalue weighted by Crippen LogP contribution is -2.31. The Kier molecular flexibility index (Phi) is 4.71. The van der Waals surface area contributed by atoms with E-state index in [4.69, 9.17) is 16.3 Å². The van der Waals surface area contributed by atoms with Gasteiger partial charge in [0.15, 0.2) is 6.61 Å². The van der Waals surface area contributed by atoms with Crippen LogP contribution in [0.1, 0.15) is 22.8 Å². The third-order valence-electron chi connectivity index (χ3n) is 3.85. The Morgan fingerprint density at radius 2 is 2.08 bits per heavy atom. The van der Waals surface area contributed by atoms with E-state index in [0.717, 1.165) is 5.56 Å². The predicted molar refractivity (Wildman–Crippen MR) is 92.4 cm³/mol. The van der Waals surface area contributed by atoms with E-state index >= 15 is 0 Å². The van der Waals surface area contributed by atoms with Gasteiger partial charge in [0.1, 0.15) is 5.75 Å². The fraction of sp³-hybridized carbons (Fsp3) is 0.222. The van der Waals surface area contributed by atoms with Crippen molar-refractivity contribution in [1.82, 2.24) is 4.90 Å². The molecular formula is C18H17ClN2O3. The Morgan fingerprint density at radius 1 is 1.29 bits per heavy atom. The molecule has 2 aromatic carbocycles. The average molecular weight is 345 g/mol. The lowest BCUT2D eigenvalue weighted by Gasteiger charge is -2.23. The van der Waals surface area contributed by atoms with Crippen LogP contribution in [0.3, 0.4) is 0 Å². The Hall–Kier alpha value is -2.53. The molecule has 0 bridgehead atoms. The molecule has 0 saturated carbocycles. The van der Waals surface area contributed by atoms with Crippen LogP contribution in [0.5, 0.6) is 5.75 Å². The zero-order valence-corrected chi connectivity index (χ0v) is 14.0. The molecule has 0 atom stereocenters. The molecule has 2 amide bonds. The second-order valence-electron chi connectivity index (χ2n) is 5.46. The summed E-state index contributed by atoms with van der Waals surface area (Å²) in [4.78, 5) is 25.8. The molecule has 0 aromatic heterocycles. The smallest absolute Gasteiger partial charge is 0.262 e. The second kappa shape index (κ2) is 6.93. The summed E-state index contributed by atoms with van der Waals surface area (Å²) in [6.45, 7) is 2.87. The van der Waals surface area contributed by atoms with Gasteiger partial charge in [-0.05, 0) is 36.8 Å². The van der Waals surface area contributed by atoms with E-state index in [1.807, 2.05) is 31.2 Å². The molecule has 2 aromatic rings. The lowest BCUT2D eigenvalue weighted by atomic mass is 10.1. The number of amides is 2. The predicted octanol–water partition coefficient (Wildman–Crippen LogP) is 3.33. The molecule has 6 heteroatoms. The molecular weight excluding hydrogens is 328 g/mol. The first-order valence-electron chi connectivity index (χ1n) is 7.68. The van der Waals surface area contributed by atoms with Crippen LogP contribution in [-0.2, 0) is 11.3 Å². The van der Waals surface area contributed by atoms with Crippen LogP contribution in [0.25, 0.3) is 0 Å². The van der Waals surface area contributed by atoms with Crippen LogP contribution in [0, 0.1) is 0 Å². The summed E-state index contributed by atoms with van der Waals surface area (Å²) < 4.78 is 5.37. The van der Waals surface area contributed by atoms with Crippen molar-refractivity contribution >= 4 is 29.1 Å². The van der Waals surface area contributed by atoms with E-state index in [0.29, 0.717) is 35.1 Å². The van der Waals surface area contributed by atoms with Crippen molar-refractivity contribution in [3.05, 3.63) is 58.6 Å².